The standard InChI is InChI=1S/C17H13FN2O/c18-15-7-3-1-5-12(15)10-17(21)20-14-9-13-6-2-4-8-16(13)19-11-14/h1-9,11H,10H2,(H,20,21). The van der Waals surface area contributed by atoms with Crippen LogP contribution in [0.3, 0.4) is 0 Å². The number of rotatable bonds is 3. The lowest BCUT2D eigenvalue weighted by molar-refractivity contribution is -0.115. The molecule has 0 aliphatic heterocycles. The molecule has 0 aliphatic rings. The second-order valence-corrected chi connectivity index (χ2v) is 4.73. The van der Waals surface area contributed by atoms with Gasteiger partial charge in [0.25, 0.3) is 0 Å². The molecule has 0 spiro atoms. The van der Waals surface area contributed by atoms with Crippen molar-refractivity contribution in [2.75, 3.05) is 5.32 Å². The lowest BCUT2D eigenvalue weighted by Gasteiger charge is -2.06. The maximum atomic E-state index is 13.5. The molecular formula is C17H13FN2O. The molecule has 3 rings (SSSR count). The summed E-state index contributed by atoms with van der Waals surface area (Å²) in [6.45, 7) is 0. The number of benzene rings is 2. The van der Waals surface area contributed by atoms with Crippen LogP contribution in [0.5, 0.6) is 0 Å². The second-order valence-electron chi connectivity index (χ2n) is 4.73. The Morgan fingerprint density at radius 3 is 2.71 bits per heavy atom. The molecule has 1 heterocycles. The van der Waals surface area contributed by atoms with E-state index < -0.39 is 0 Å². The van der Waals surface area contributed by atoms with E-state index >= 15 is 0 Å². The monoisotopic (exact) mass is 280 g/mol. The molecule has 3 aromatic rings. The molecule has 0 aliphatic carbocycles. The van der Waals surface area contributed by atoms with E-state index in [0.29, 0.717) is 11.3 Å². The van der Waals surface area contributed by atoms with Gasteiger partial charge in [0.1, 0.15) is 5.82 Å². The molecule has 0 fully saturated rings. The third-order valence-corrected chi connectivity index (χ3v) is 3.18. The first-order valence-corrected chi connectivity index (χ1v) is 6.60. The zero-order chi connectivity index (χ0) is 14.7. The van der Waals surface area contributed by atoms with Crippen molar-refractivity contribution in [3.8, 4) is 0 Å². The Hall–Kier alpha value is -2.75. The average Bonchev–Trinajstić information content (AvgIpc) is 2.49. The van der Waals surface area contributed by atoms with Crippen LogP contribution < -0.4 is 5.32 Å². The highest BCUT2D eigenvalue weighted by molar-refractivity contribution is 5.94. The van der Waals surface area contributed by atoms with E-state index in [4.69, 9.17) is 0 Å². The topological polar surface area (TPSA) is 42.0 Å². The van der Waals surface area contributed by atoms with Gasteiger partial charge in [-0.15, -0.1) is 0 Å². The molecule has 1 amide bonds. The minimum atomic E-state index is -0.371. The highest BCUT2D eigenvalue weighted by Gasteiger charge is 2.08. The van der Waals surface area contributed by atoms with Gasteiger partial charge in [-0.2, -0.15) is 0 Å². The van der Waals surface area contributed by atoms with E-state index in [1.54, 1.807) is 24.4 Å². The number of carbonyl (C=O) groups excluding carboxylic acids is 1. The Balaban J connectivity index is 1.75. The van der Waals surface area contributed by atoms with Gasteiger partial charge in [-0.05, 0) is 23.8 Å². The number of nitrogens with one attached hydrogen (secondary N) is 1. The molecule has 1 N–H and O–H groups in total. The fourth-order valence-electron chi connectivity index (χ4n) is 2.16. The average molecular weight is 280 g/mol. The minimum absolute atomic E-state index is 0.000496. The molecule has 2 aromatic carbocycles. The van der Waals surface area contributed by atoms with Gasteiger partial charge in [0.05, 0.1) is 23.8 Å². The molecule has 21 heavy (non-hydrogen) atoms. The number of pyridine rings is 1. The molecule has 0 bridgehead atoms. The van der Waals surface area contributed by atoms with Crippen molar-refractivity contribution in [3.05, 3.63) is 72.2 Å². The first kappa shape index (κ1) is 13.2. The summed E-state index contributed by atoms with van der Waals surface area (Å²) >= 11 is 0. The van der Waals surface area contributed by atoms with Crippen LogP contribution in [0, 0.1) is 5.82 Å². The molecule has 0 unspecified atom stereocenters. The summed E-state index contributed by atoms with van der Waals surface area (Å²) in [5.74, 6) is -0.638. The van der Waals surface area contributed by atoms with Crippen molar-refractivity contribution in [2.45, 2.75) is 6.42 Å². The smallest absolute Gasteiger partial charge is 0.228 e. The van der Waals surface area contributed by atoms with Crippen LogP contribution >= 0.6 is 0 Å². The van der Waals surface area contributed by atoms with Crippen molar-refractivity contribution in [2.24, 2.45) is 0 Å². The van der Waals surface area contributed by atoms with Crippen LogP contribution in [0.4, 0.5) is 10.1 Å². The summed E-state index contributed by atoms with van der Waals surface area (Å²) in [7, 11) is 0. The summed E-state index contributed by atoms with van der Waals surface area (Å²) in [5.41, 5.74) is 1.85. The molecule has 0 atom stereocenters. The fraction of sp³-hybridized carbons (Fsp3) is 0.0588. The minimum Gasteiger partial charge on any atom is -0.324 e. The summed E-state index contributed by atoms with van der Waals surface area (Å²) < 4.78 is 13.5. The molecule has 0 saturated heterocycles. The van der Waals surface area contributed by atoms with Gasteiger partial charge in [-0.25, -0.2) is 4.39 Å². The number of aromatic nitrogens is 1. The maximum Gasteiger partial charge on any atom is 0.228 e. The fourth-order valence-corrected chi connectivity index (χ4v) is 2.16. The van der Waals surface area contributed by atoms with E-state index in [1.807, 2.05) is 30.3 Å². The van der Waals surface area contributed by atoms with E-state index in [1.165, 1.54) is 6.07 Å². The van der Waals surface area contributed by atoms with Gasteiger partial charge < -0.3 is 5.32 Å². The summed E-state index contributed by atoms with van der Waals surface area (Å²) in [6, 6.07) is 15.8. The largest absolute Gasteiger partial charge is 0.324 e. The van der Waals surface area contributed by atoms with Crippen LogP contribution in [-0.4, -0.2) is 10.9 Å². The Kier molecular flexibility index (Phi) is 3.60. The predicted molar refractivity (Wildman–Crippen MR) is 80.5 cm³/mol. The zero-order valence-electron chi connectivity index (χ0n) is 11.2. The molecular weight excluding hydrogens is 267 g/mol. The number of carbonyl (C=O) groups is 1. The number of para-hydroxylation sites is 1. The predicted octanol–water partition coefficient (Wildman–Crippen LogP) is 3.56. The van der Waals surface area contributed by atoms with Crippen LogP contribution in [0.25, 0.3) is 10.9 Å². The van der Waals surface area contributed by atoms with E-state index in [-0.39, 0.29) is 18.1 Å². The molecule has 0 saturated carbocycles. The number of hydrogen-bond acceptors (Lipinski definition) is 2. The van der Waals surface area contributed by atoms with Crippen LogP contribution in [0.1, 0.15) is 5.56 Å². The number of halogens is 1. The second kappa shape index (κ2) is 5.71. The molecule has 3 nitrogen and oxygen atoms in total. The lowest BCUT2D eigenvalue weighted by atomic mass is 10.1. The number of fused-ring (bicyclic) bond motifs is 1. The Labute approximate surface area is 121 Å². The van der Waals surface area contributed by atoms with Crippen molar-refractivity contribution in [1.29, 1.82) is 0 Å². The van der Waals surface area contributed by atoms with Gasteiger partial charge in [-0.3, -0.25) is 9.78 Å². The van der Waals surface area contributed by atoms with Crippen molar-refractivity contribution < 1.29 is 9.18 Å². The van der Waals surface area contributed by atoms with Gasteiger partial charge in [0, 0.05) is 5.39 Å². The lowest BCUT2D eigenvalue weighted by Crippen LogP contribution is -2.15. The first-order valence-electron chi connectivity index (χ1n) is 6.60. The Morgan fingerprint density at radius 2 is 1.86 bits per heavy atom. The number of nitrogens with zero attached hydrogens (tertiary/aromatic N) is 1. The molecule has 104 valence electrons. The molecule has 1 aromatic heterocycles. The summed E-state index contributed by atoms with van der Waals surface area (Å²) in [5, 5.41) is 3.69. The van der Waals surface area contributed by atoms with Crippen molar-refractivity contribution in [1.82, 2.24) is 4.98 Å². The highest BCUT2D eigenvalue weighted by atomic mass is 19.1. The molecule has 0 radical (unpaired) electrons. The Morgan fingerprint density at radius 1 is 1.10 bits per heavy atom. The third kappa shape index (κ3) is 3.05. The molecule has 4 heteroatoms. The third-order valence-electron chi connectivity index (χ3n) is 3.18. The normalized spacial score (nSPS) is 10.5. The van der Waals surface area contributed by atoms with Gasteiger partial charge in [0.2, 0.25) is 5.91 Å². The number of anilines is 1. The summed E-state index contributed by atoms with van der Waals surface area (Å²) in [6.07, 6.45) is 1.60. The van der Waals surface area contributed by atoms with Crippen LogP contribution in [0.2, 0.25) is 0 Å². The van der Waals surface area contributed by atoms with E-state index in [9.17, 15) is 9.18 Å². The van der Waals surface area contributed by atoms with Crippen LogP contribution in [0.15, 0.2) is 60.8 Å². The van der Waals surface area contributed by atoms with Crippen molar-refractivity contribution in [3.63, 3.8) is 0 Å². The first-order chi connectivity index (χ1) is 10.2. The van der Waals surface area contributed by atoms with Gasteiger partial charge >= 0.3 is 0 Å². The quantitative estimate of drug-likeness (QED) is 0.797. The summed E-state index contributed by atoms with van der Waals surface area (Å²) in [4.78, 5) is 16.2. The van der Waals surface area contributed by atoms with Crippen molar-refractivity contribution >= 4 is 22.5 Å². The number of hydrogen-bond donors (Lipinski definition) is 1. The number of amides is 1. The highest BCUT2D eigenvalue weighted by Crippen LogP contribution is 2.16. The zero-order valence-corrected chi connectivity index (χ0v) is 11.2. The SMILES string of the molecule is O=C(Cc1ccccc1F)Nc1cnc2ccccc2c1. The van der Waals surface area contributed by atoms with E-state index in [0.717, 1.165) is 10.9 Å². The maximum absolute atomic E-state index is 13.5. The van der Waals surface area contributed by atoms with Gasteiger partial charge in [0.15, 0.2) is 0 Å². The van der Waals surface area contributed by atoms with Gasteiger partial charge in [-0.1, -0.05) is 36.4 Å². The Bertz CT molecular complexity index is 801. The van der Waals surface area contributed by atoms with Crippen LogP contribution in [-0.2, 0) is 11.2 Å². The van der Waals surface area contributed by atoms with E-state index in [2.05, 4.69) is 10.3 Å².